The molecule has 0 radical (unpaired) electrons. The Morgan fingerprint density at radius 1 is 1.19 bits per heavy atom. The number of aliphatic imine (C=N–C) groups is 1. The molecule has 11 heteroatoms. The fourth-order valence-electron chi connectivity index (χ4n) is 2.87. The van der Waals surface area contributed by atoms with Crippen molar-refractivity contribution >= 4 is 18.0 Å². The van der Waals surface area contributed by atoms with Crippen LogP contribution in [0.2, 0.25) is 0 Å². The van der Waals surface area contributed by atoms with Crippen molar-refractivity contribution in [2.75, 3.05) is 6.54 Å². The van der Waals surface area contributed by atoms with E-state index in [9.17, 15) is 19.7 Å². The predicted molar refractivity (Wildman–Crippen MR) is 121 cm³/mol. The molecule has 32 heavy (non-hydrogen) atoms. The monoisotopic (exact) mass is 450 g/mol. The summed E-state index contributed by atoms with van der Waals surface area (Å²) < 4.78 is 5.27. The SMILES string of the molecule is CC(Cc1ccccc1)NC(=O)C(CCCCN=C(N)N[N+](=O)[O-])NC(=O)OC(C)(C)C. The molecule has 0 bridgehead atoms. The second kappa shape index (κ2) is 13.1. The molecule has 0 aliphatic rings. The largest absolute Gasteiger partial charge is 0.444 e. The van der Waals surface area contributed by atoms with Gasteiger partial charge in [-0.25, -0.2) is 19.9 Å². The Hall–Kier alpha value is -3.37. The molecule has 0 aromatic heterocycles. The van der Waals surface area contributed by atoms with Crippen molar-refractivity contribution in [2.24, 2.45) is 10.7 Å². The van der Waals surface area contributed by atoms with Crippen LogP contribution in [-0.2, 0) is 16.0 Å². The smallest absolute Gasteiger partial charge is 0.408 e. The van der Waals surface area contributed by atoms with Crippen LogP contribution in [0.5, 0.6) is 0 Å². The van der Waals surface area contributed by atoms with Gasteiger partial charge in [-0.05, 0) is 58.9 Å². The highest BCUT2D eigenvalue weighted by atomic mass is 16.7. The van der Waals surface area contributed by atoms with Crippen molar-refractivity contribution in [1.82, 2.24) is 16.1 Å². The van der Waals surface area contributed by atoms with Gasteiger partial charge in [0, 0.05) is 12.6 Å². The van der Waals surface area contributed by atoms with Crippen molar-refractivity contribution in [2.45, 2.75) is 71.1 Å². The number of nitrogens with two attached hydrogens (primary N) is 1. The highest BCUT2D eigenvalue weighted by Crippen LogP contribution is 2.09. The molecule has 0 aliphatic heterocycles. The number of hydrogen-bond donors (Lipinski definition) is 4. The third-order valence-electron chi connectivity index (χ3n) is 4.17. The summed E-state index contributed by atoms with van der Waals surface area (Å²) >= 11 is 0. The van der Waals surface area contributed by atoms with Crippen LogP contribution in [0.15, 0.2) is 35.3 Å². The van der Waals surface area contributed by atoms with E-state index in [0.717, 1.165) is 5.56 Å². The molecule has 11 nitrogen and oxygen atoms in total. The minimum Gasteiger partial charge on any atom is -0.444 e. The zero-order chi connectivity index (χ0) is 24.1. The summed E-state index contributed by atoms with van der Waals surface area (Å²) in [5, 5.41) is 15.1. The summed E-state index contributed by atoms with van der Waals surface area (Å²) in [5.74, 6) is -0.594. The van der Waals surface area contributed by atoms with Crippen molar-refractivity contribution < 1.29 is 19.4 Å². The fraction of sp³-hybridized carbons (Fsp3) is 0.571. The summed E-state index contributed by atoms with van der Waals surface area (Å²) in [4.78, 5) is 39.2. The normalized spacial score (nSPS) is 13.6. The number of nitro groups is 1. The lowest BCUT2D eigenvalue weighted by atomic mass is 10.1. The maximum absolute atomic E-state index is 12.8. The quantitative estimate of drug-likeness (QED) is 0.132. The molecular formula is C21H34N6O5. The van der Waals surface area contributed by atoms with Gasteiger partial charge in [-0.15, -0.1) is 0 Å². The Bertz CT molecular complexity index is 779. The maximum Gasteiger partial charge on any atom is 0.408 e. The van der Waals surface area contributed by atoms with Crippen LogP contribution in [0.4, 0.5) is 4.79 Å². The molecular weight excluding hydrogens is 416 g/mol. The van der Waals surface area contributed by atoms with E-state index in [1.807, 2.05) is 37.3 Å². The molecule has 5 N–H and O–H groups in total. The topological polar surface area (TPSA) is 161 Å². The summed E-state index contributed by atoms with van der Waals surface area (Å²) in [6, 6.07) is 8.85. The van der Waals surface area contributed by atoms with Crippen LogP contribution < -0.4 is 21.8 Å². The molecule has 1 aromatic carbocycles. The van der Waals surface area contributed by atoms with E-state index in [0.29, 0.717) is 25.7 Å². The van der Waals surface area contributed by atoms with Gasteiger partial charge in [-0.3, -0.25) is 4.79 Å². The number of rotatable bonds is 11. The molecule has 0 fully saturated rings. The number of nitrogens with one attached hydrogen (secondary N) is 3. The number of hydrazine groups is 1. The average molecular weight is 451 g/mol. The van der Waals surface area contributed by atoms with Crippen LogP contribution >= 0.6 is 0 Å². The zero-order valence-corrected chi connectivity index (χ0v) is 19.1. The molecule has 0 aliphatic carbocycles. The first-order valence-corrected chi connectivity index (χ1v) is 10.5. The lowest BCUT2D eigenvalue weighted by molar-refractivity contribution is -0.525. The summed E-state index contributed by atoms with van der Waals surface area (Å²) in [6.45, 7) is 7.37. The van der Waals surface area contributed by atoms with Crippen LogP contribution in [0.1, 0.15) is 52.5 Å². The molecule has 0 spiro atoms. The Kier molecular flexibility index (Phi) is 10.9. The Morgan fingerprint density at radius 3 is 2.44 bits per heavy atom. The fourth-order valence-corrected chi connectivity index (χ4v) is 2.87. The predicted octanol–water partition coefficient (Wildman–Crippen LogP) is 1.89. The van der Waals surface area contributed by atoms with E-state index in [4.69, 9.17) is 10.5 Å². The Labute approximate surface area is 188 Å². The first kappa shape index (κ1) is 26.7. The van der Waals surface area contributed by atoms with Gasteiger partial charge in [0.2, 0.25) is 5.91 Å². The number of guanidine groups is 1. The van der Waals surface area contributed by atoms with Crippen molar-refractivity contribution in [3.05, 3.63) is 46.0 Å². The molecule has 178 valence electrons. The van der Waals surface area contributed by atoms with E-state index < -0.39 is 22.8 Å². The van der Waals surface area contributed by atoms with E-state index in [2.05, 4.69) is 15.6 Å². The number of benzene rings is 1. The number of hydrogen-bond acceptors (Lipinski definition) is 6. The standard InChI is InChI=1S/C21H34N6O5/c1-15(14-16-10-6-5-7-11-16)24-18(28)17(25-20(29)32-21(2,3)4)12-8-9-13-23-19(22)26-27(30)31/h5-7,10-11,15,17H,8-9,12-14H2,1-4H3,(H,24,28)(H,25,29)(H3,22,23,26). The number of unbranched alkanes of at least 4 members (excludes halogenated alkanes) is 1. The molecule has 2 unspecified atom stereocenters. The van der Waals surface area contributed by atoms with E-state index in [-0.39, 0.29) is 24.5 Å². The number of carbonyl (C=O) groups excluding carboxylic acids is 2. The minimum absolute atomic E-state index is 0.134. The van der Waals surface area contributed by atoms with Gasteiger partial charge in [0.25, 0.3) is 5.96 Å². The molecule has 2 amide bonds. The van der Waals surface area contributed by atoms with Gasteiger partial charge in [0.05, 0.1) is 0 Å². The van der Waals surface area contributed by atoms with Crippen LogP contribution in [0.3, 0.4) is 0 Å². The van der Waals surface area contributed by atoms with Gasteiger partial charge in [0.1, 0.15) is 11.6 Å². The summed E-state index contributed by atoms with van der Waals surface area (Å²) in [6.07, 6.45) is 1.39. The second-order valence-corrected chi connectivity index (χ2v) is 8.43. The Morgan fingerprint density at radius 2 is 1.84 bits per heavy atom. The first-order chi connectivity index (χ1) is 15.0. The Balaban J connectivity index is 2.64. The third-order valence-corrected chi connectivity index (χ3v) is 4.17. The van der Waals surface area contributed by atoms with Crippen LogP contribution in [0.25, 0.3) is 0 Å². The van der Waals surface area contributed by atoms with Crippen molar-refractivity contribution in [1.29, 1.82) is 0 Å². The van der Waals surface area contributed by atoms with Crippen molar-refractivity contribution in [3.8, 4) is 0 Å². The van der Waals surface area contributed by atoms with Crippen LogP contribution in [-0.4, -0.2) is 47.2 Å². The molecule has 0 heterocycles. The molecule has 0 saturated heterocycles. The number of ether oxygens (including phenoxy) is 1. The first-order valence-electron chi connectivity index (χ1n) is 10.5. The average Bonchev–Trinajstić information content (AvgIpc) is 2.65. The highest BCUT2D eigenvalue weighted by molar-refractivity contribution is 5.85. The van der Waals surface area contributed by atoms with Gasteiger partial charge >= 0.3 is 6.09 Å². The van der Waals surface area contributed by atoms with E-state index in [1.165, 1.54) is 0 Å². The highest BCUT2D eigenvalue weighted by Gasteiger charge is 2.25. The lowest BCUT2D eigenvalue weighted by Gasteiger charge is -2.24. The maximum atomic E-state index is 12.8. The summed E-state index contributed by atoms with van der Waals surface area (Å²) in [7, 11) is 0. The second-order valence-electron chi connectivity index (χ2n) is 8.43. The van der Waals surface area contributed by atoms with Gasteiger partial charge in [-0.1, -0.05) is 35.8 Å². The molecule has 0 saturated carbocycles. The van der Waals surface area contributed by atoms with Gasteiger partial charge < -0.3 is 21.1 Å². The zero-order valence-electron chi connectivity index (χ0n) is 19.1. The van der Waals surface area contributed by atoms with E-state index in [1.54, 1.807) is 26.2 Å². The molecule has 1 rings (SSSR count). The van der Waals surface area contributed by atoms with Gasteiger partial charge in [-0.2, -0.15) is 0 Å². The van der Waals surface area contributed by atoms with Gasteiger partial charge in [0.15, 0.2) is 5.03 Å². The van der Waals surface area contributed by atoms with E-state index >= 15 is 0 Å². The minimum atomic E-state index is -0.791. The lowest BCUT2D eigenvalue weighted by Crippen LogP contribution is -2.50. The number of amides is 2. The summed E-state index contributed by atoms with van der Waals surface area (Å²) in [5.41, 5.74) is 7.53. The molecule has 1 aromatic rings. The number of alkyl carbamates (subject to hydrolysis) is 1. The molecule has 2 atom stereocenters. The van der Waals surface area contributed by atoms with Crippen molar-refractivity contribution in [3.63, 3.8) is 0 Å². The van der Waals surface area contributed by atoms with Crippen LogP contribution in [0, 0.1) is 10.1 Å². The number of carbonyl (C=O) groups is 2. The third kappa shape index (κ3) is 12.4. The number of nitrogens with zero attached hydrogens (tertiary/aromatic N) is 2.